The van der Waals surface area contributed by atoms with E-state index in [1.807, 2.05) is 12.1 Å². The first kappa shape index (κ1) is 13.8. The number of nitrogens with zero attached hydrogens (tertiary/aromatic N) is 1. The van der Waals surface area contributed by atoms with Crippen molar-refractivity contribution in [1.29, 1.82) is 0 Å². The van der Waals surface area contributed by atoms with Crippen molar-refractivity contribution in [2.45, 2.75) is 32.7 Å². The fraction of sp³-hybridized carbons (Fsp3) is 0.600. The van der Waals surface area contributed by atoms with E-state index < -0.39 is 0 Å². The van der Waals surface area contributed by atoms with Gasteiger partial charge in [0.1, 0.15) is 0 Å². The van der Waals surface area contributed by atoms with E-state index >= 15 is 0 Å². The van der Waals surface area contributed by atoms with Gasteiger partial charge in [-0.1, -0.05) is 13.8 Å². The quantitative estimate of drug-likeness (QED) is 0.849. The molecule has 19 heavy (non-hydrogen) atoms. The topological polar surface area (TPSA) is 47.7 Å². The molecule has 1 heterocycles. The van der Waals surface area contributed by atoms with Crippen LogP contribution in [0.25, 0.3) is 0 Å². The summed E-state index contributed by atoms with van der Waals surface area (Å²) in [5.41, 5.74) is 8.00. The number of anilines is 2. The van der Waals surface area contributed by atoms with Crippen LogP contribution in [-0.4, -0.2) is 26.8 Å². The molecule has 1 aromatic carbocycles. The Hall–Kier alpha value is -1.58. The second-order valence-corrected chi connectivity index (χ2v) is 5.41. The molecule has 1 fully saturated rings. The van der Waals surface area contributed by atoms with Crippen LogP contribution in [0, 0.1) is 5.92 Å². The fourth-order valence-electron chi connectivity index (χ4n) is 2.92. The van der Waals surface area contributed by atoms with Crippen LogP contribution in [-0.2, 0) is 0 Å². The molecule has 0 radical (unpaired) electrons. The van der Waals surface area contributed by atoms with Crippen molar-refractivity contribution in [3.05, 3.63) is 12.1 Å². The predicted octanol–water partition coefficient (Wildman–Crippen LogP) is 2.91. The molecule has 1 aliphatic heterocycles. The van der Waals surface area contributed by atoms with Crippen LogP contribution in [0.5, 0.6) is 11.5 Å². The van der Waals surface area contributed by atoms with E-state index in [1.165, 1.54) is 12.8 Å². The van der Waals surface area contributed by atoms with Gasteiger partial charge >= 0.3 is 0 Å². The maximum Gasteiger partial charge on any atom is 0.162 e. The zero-order valence-corrected chi connectivity index (χ0v) is 12.3. The lowest BCUT2D eigenvalue weighted by Crippen LogP contribution is -2.33. The monoisotopic (exact) mass is 264 g/mol. The molecule has 0 aromatic heterocycles. The van der Waals surface area contributed by atoms with E-state index in [4.69, 9.17) is 15.2 Å². The van der Waals surface area contributed by atoms with E-state index in [1.54, 1.807) is 14.2 Å². The van der Waals surface area contributed by atoms with Gasteiger partial charge in [-0.15, -0.1) is 0 Å². The van der Waals surface area contributed by atoms with Gasteiger partial charge < -0.3 is 20.1 Å². The lowest BCUT2D eigenvalue weighted by Gasteiger charge is -2.31. The summed E-state index contributed by atoms with van der Waals surface area (Å²) in [7, 11) is 3.28. The van der Waals surface area contributed by atoms with Gasteiger partial charge in [-0.2, -0.15) is 0 Å². The summed E-state index contributed by atoms with van der Waals surface area (Å²) in [6, 6.07) is 4.40. The SMILES string of the molecule is COc1cc(N)c(N2CCCC2C(C)C)cc1OC. The molecule has 0 amide bonds. The molecule has 106 valence electrons. The van der Waals surface area contributed by atoms with E-state index in [-0.39, 0.29) is 0 Å². The number of hydrogen-bond donors (Lipinski definition) is 1. The summed E-state index contributed by atoms with van der Waals surface area (Å²) >= 11 is 0. The third-order valence-electron chi connectivity index (χ3n) is 3.91. The minimum atomic E-state index is 0.556. The molecule has 4 nitrogen and oxygen atoms in total. The molecule has 0 aliphatic carbocycles. The predicted molar refractivity (Wildman–Crippen MR) is 79.2 cm³/mol. The van der Waals surface area contributed by atoms with E-state index in [0.717, 1.165) is 23.7 Å². The summed E-state index contributed by atoms with van der Waals surface area (Å²) in [5, 5.41) is 0. The maximum absolute atomic E-state index is 6.19. The molecule has 1 aliphatic rings. The Bertz CT molecular complexity index is 446. The Labute approximate surface area is 115 Å². The largest absolute Gasteiger partial charge is 0.493 e. The number of nitrogen functional groups attached to an aromatic ring is 1. The van der Waals surface area contributed by atoms with Crippen molar-refractivity contribution in [1.82, 2.24) is 0 Å². The Morgan fingerprint density at radius 3 is 2.42 bits per heavy atom. The summed E-state index contributed by atoms with van der Waals surface area (Å²) in [5.74, 6) is 2.04. The minimum Gasteiger partial charge on any atom is -0.493 e. The number of nitrogens with two attached hydrogens (primary N) is 1. The van der Waals surface area contributed by atoms with Crippen molar-refractivity contribution in [3.8, 4) is 11.5 Å². The highest BCUT2D eigenvalue weighted by atomic mass is 16.5. The van der Waals surface area contributed by atoms with E-state index in [0.29, 0.717) is 17.7 Å². The second-order valence-electron chi connectivity index (χ2n) is 5.41. The van der Waals surface area contributed by atoms with Crippen LogP contribution in [0.15, 0.2) is 12.1 Å². The van der Waals surface area contributed by atoms with Gasteiger partial charge in [0, 0.05) is 24.7 Å². The van der Waals surface area contributed by atoms with Crippen LogP contribution in [0.1, 0.15) is 26.7 Å². The van der Waals surface area contributed by atoms with E-state index in [2.05, 4.69) is 18.7 Å². The average Bonchev–Trinajstić information content (AvgIpc) is 2.87. The first-order valence-electron chi connectivity index (χ1n) is 6.86. The molecule has 1 aromatic rings. The van der Waals surface area contributed by atoms with Crippen molar-refractivity contribution >= 4 is 11.4 Å². The van der Waals surface area contributed by atoms with Gasteiger partial charge in [0.05, 0.1) is 25.6 Å². The van der Waals surface area contributed by atoms with Gasteiger partial charge in [0.15, 0.2) is 11.5 Å². The van der Waals surface area contributed by atoms with Crippen LogP contribution < -0.4 is 20.1 Å². The second kappa shape index (κ2) is 5.59. The zero-order valence-electron chi connectivity index (χ0n) is 12.3. The Kier molecular flexibility index (Phi) is 4.08. The summed E-state index contributed by atoms with van der Waals surface area (Å²) in [4.78, 5) is 2.40. The highest BCUT2D eigenvalue weighted by Gasteiger charge is 2.29. The number of benzene rings is 1. The van der Waals surface area contributed by atoms with Crippen molar-refractivity contribution in [2.24, 2.45) is 5.92 Å². The third-order valence-corrected chi connectivity index (χ3v) is 3.91. The Morgan fingerprint density at radius 2 is 1.84 bits per heavy atom. The molecule has 4 heteroatoms. The highest BCUT2D eigenvalue weighted by Crippen LogP contribution is 2.40. The molecule has 0 spiro atoms. The number of rotatable bonds is 4. The van der Waals surface area contributed by atoms with Crippen LogP contribution in [0.4, 0.5) is 11.4 Å². The molecule has 0 bridgehead atoms. The number of hydrogen-bond acceptors (Lipinski definition) is 4. The standard InChI is InChI=1S/C15H24N2O2/c1-10(2)12-6-5-7-17(12)13-9-15(19-4)14(18-3)8-11(13)16/h8-10,12H,5-7,16H2,1-4H3. The van der Waals surface area contributed by atoms with Gasteiger partial charge in [0.25, 0.3) is 0 Å². The summed E-state index contributed by atoms with van der Waals surface area (Å²) in [6.45, 7) is 5.59. The van der Waals surface area contributed by atoms with Gasteiger partial charge in [-0.25, -0.2) is 0 Å². The highest BCUT2D eigenvalue weighted by molar-refractivity contribution is 5.73. The third kappa shape index (κ3) is 2.57. The first-order chi connectivity index (χ1) is 9.08. The average molecular weight is 264 g/mol. The molecule has 2 N–H and O–H groups in total. The lowest BCUT2D eigenvalue weighted by atomic mass is 10.0. The van der Waals surface area contributed by atoms with Crippen molar-refractivity contribution < 1.29 is 9.47 Å². The van der Waals surface area contributed by atoms with Crippen LogP contribution >= 0.6 is 0 Å². The van der Waals surface area contributed by atoms with Crippen LogP contribution in [0.3, 0.4) is 0 Å². The number of ether oxygens (including phenoxy) is 2. The lowest BCUT2D eigenvalue weighted by molar-refractivity contribution is 0.355. The van der Waals surface area contributed by atoms with Gasteiger partial charge in [-0.05, 0) is 18.8 Å². The van der Waals surface area contributed by atoms with Crippen molar-refractivity contribution in [3.63, 3.8) is 0 Å². The minimum absolute atomic E-state index is 0.556. The van der Waals surface area contributed by atoms with Crippen LogP contribution in [0.2, 0.25) is 0 Å². The van der Waals surface area contributed by atoms with Crippen molar-refractivity contribution in [2.75, 3.05) is 31.4 Å². The Balaban J connectivity index is 2.39. The molecule has 1 atom stereocenters. The van der Waals surface area contributed by atoms with Gasteiger partial charge in [0.2, 0.25) is 0 Å². The molecule has 1 saturated heterocycles. The Morgan fingerprint density at radius 1 is 1.21 bits per heavy atom. The maximum atomic E-state index is 6.19. The smallest absolute Gasteiger partial charge is 0.162 e. The van der Waals surface area contributed by atoms with E-state index in [9.17, 15) is 0 Å². The molecular formula is C15H24N2O2. The summed E-state index contributed by atoms with van der Waals surface area (Å²) < 4.78 is 10.7. The number of methoxy groups -OCH3 is 2. The summed E-state index contributed by atoms with van der Waals surface area (Å²) in [6.07, 6.45) is 2.45. The molecular weight excluding hydrogens is 240 g/mol. The first-order valence-corrected chi connectivity index (χ1v) is 6.86. The fourth-order valence-corrected chi connectivity index (χ4v) is 2.92. The van der Waals surface area contributed by atoms with Gasteiger partial charge in [-0.3, -0.25) is 0 Å². The molecule has 2 rings (SSSR count). The normalized spacial score (nSPS) is 19.0. The zero-order chi connectivity index (χ0) is 14.0. The molecule has 1 unspecified atom stereocenters. The molecule has 0 saturated carbocycles.